The minimum Gasteiger partial charge on any atom is -0.465 e. The Balaban J connectivity index is 2.19. The molecule has 0 aromatic rings. The van der Waals surface area contributed by atoms with Crippen molar-refractivity contribution in [3.05, 3.63) is 0 Å². The number of carboxylic acid groups (broad SMARTS) is 1. The van der Waals surface area contributed by atoms with Crippen LogP contribution in [0.3, 0.4) is 0 Å². The lowest BCUT2D eigenvalue weighted by atomic mass is 10.1. The van der Waals surface area contributed by atoms with Gasteiger partial charge in [-0.05, 0) is 13.3 Å². The molecule has 2 fully saturated rings. The number of morpholine rings is 1. The fourth-order valence-corrected chi connectivity index (χ4v) is 3.11. The molecule has 0 saturated carbocycles. The molecule has 2 N–H and O–H groups in total. The Kier molecular flexibility index (Phi) is 7.32. The first-order valence-corrected chi connectivity index (χ1v) is 9.12. The highest BCUT2D eigenvalue weighted by Gasteiger charge is 2.42. The molecule has 2 aliphatic rings. The first-order chi connectivity index (χ1) is 13.2. The van der Waals surface area contributed by atoms with Crippen LogP contribution >= 0.6 is 0 Å². The molecule has 11 nitrogen and oxygen atoms in total. The van der Waals surface area contributed by atoms with Crippen LogP contribution in [0.5, 0.6) is 0 Å². The smallest absolute Gasteiger partial charge is 0.405 e. The third-order valence-electron chi connectivity index (χ3n) is 4.82. The average Bonchev–Trinajstić information content (AvgIpc) is 2.99. The van der Waals surface area contributed by atoms with Crippen molar-refractivity contribution in [2.75, 3.05) is 46.9 Å². The molecule has 156 valence electrons. The van der Waals surface area contributed by atoms with E-state index in [4.69, 9.17) is 9.84 Å². The van der Waals surface area contributed by atoms with Crippen LogP contribution in [-0.2, 0) is 19.1 Å². The predicted molar refractivity (Wildman–Crippen MR) is 98.9 cm³/mol. The van der Waals surface area contributed by atoms with Crippen molar-refractivity contribution in [1.29, 1.82) is 0 Å². The van der Waals surface area contributed by atoms with E-state index >= 15 is 0 Å². The minimum absolute atomic E-state index is 0.189. The number of hydrogen-bond acceptors (Lipinski definition) is 5. The molecule has 2 rings (SSSR count). The summed E-state index contributed by atoms with van der Waals surface area (Å²) in [5.41, 5.74) is 0. The van der Waals surface area contributed by atoms with Crippen LogP contribution in [0.1, 0.15) is 19.8 Å². The number of hydrogen-bond donors (Lipinski definition) is 2. The molecular formula is C17H27N5O6. The second-order valence-electron chi connectivity index (χ2n) is 6.93. The number of nitrogens with zero attached hydrogens (tertiary/aromatic N) is 4. The molecule has 0 spiro atoms. The number of rotatable bonds is 5. The minimum atomic E-state index is -1.31. The molecule has 0 aliphatic carbocycles. The van der Waals surface area contributed by atoms with Crippen molar-refractivity contribution in [3.8, 4) is 0 Å². The lowest BCUT2D eigenvalue weighted by molar-refractivity contribution is -0.148. The summed E-state index contributed by atoms with van der Waals surface area (Å²) < 4.78 is 5.25. The highest BCUT2D eigenvalue weighted by Crippen LogP contribution is 2.20. The van der Waals surface area contributed by atoms with Gasteiger partial charge >= 0.3 is 6.09 Å². The molecule has 2 saturated heterocycles. The first-order valence-electron chi connectivity index (χ1n) is 9.12. The van der Waals surface area contributed by atoms with Gasteiger partial charge in [-0.2, -0.15) is 0 Å². The topological polar surface area (TPSA) is 132 Å². The Morgan fingerprint density at radius 3 is 2.50 bits per heavy atom. The normalized spacial score (nSPS) is 21.5. The van der Waals surface area contributed by atoms with E-state index in [1.807, 2.05) is 0 Å². The van der Waals surface area contributed by atoms with Gasteiger partial charge in [0.15, 0.2) is 0 Å². The molecule has 0 aromatic heterocycles. The summed E-state index contributed by atoms with van der Waals surface area (Å²) in [5, 5.41) is 11.0. The Labute approximate surface area is 163 Å². The quantitative estimate of drug-likeness (QED) is 0.448. The lowest BCUT2D eigenvalue weighted by Crippen LogP contribution is -2.54. The van der Waals surface area contributed by atoms with E-state index in [-0.39, 0.29) is 25.3 Å². The number of aliphatic imine (C=N–C) groups is 1. The largest absolute Gasteiger partial charge is 0.465 e. The summed E-state index contributed by atoms with van der Waals surface area (Å²) in [6.07, 6.45) is -1.32. The third kappa shape index (κ3) is 5.41. The number of ether oxygens (including phenoxy) is 1. The van der Waals surface area contributed by atoms with Gasteiger partial charge in [0.2, 0.25) is 17.7 Å². The zero-order chi connectivity index (χ0) is 20.8. The van der Waals surface area contributed by atoms with Gasteiger partial charge in [0.05, 0.1) is 19.6 Å². The molecule has 28 heavy (non-hydrogen) atoms. The standard InChI is InChI=1S/C17H27N5O6/c1-11(20(2)3)18-14(23)10-13(16(25)21-6-8-28-9-7-21)22-5-4-12(15(22)24)19-17(26)27/h12-13,19H,4-10H2,1-3H3,(H,26,27)/t12-,13-/m0/s1. The number of carbonyl (C=O) groups excluding carboxylic acids is 3. The summed E-state index contributed by atoms with van der Waals surface area (Å²) in [4.78, 5) is 57.5. The highest BCUT2D eigenvalue weighted by molar-refractivity contribution is 5.98. The van der Waals surface area contributed by atoms with Crippen molar-refractivity contribution in [1.82, 2.24) is 20.0 Å². The van der Waals surface area contributed by atoms with Gasteiger partial charge in [-0.1, -0.05) is 0 Å². The fraction of sp³-hybridized carbons (Fsp3) is 0.706. The monoisotopic (exact) mass is 397 g/mol. The van der Waals surface area contributed by atoms with E-state index in [2.05, 4.69) is 10.3 Å². The van der Waals surface area contributed by atoms with Crippen LogP contribution in [-0.4, -0.2) is 108 Å². The summed E-state index contributed by atoms with van der Waals surface area (Å²) in [5.74, 6) is -0.880. The second kappa shape index (κ2) is 9.49. The maximum absolute atomic E-state index is 13.0. The van der Waals surface area contributed by atoms with Crippen molar-refractivity contribution in [3.63, 3.8) is 0 Å². The van der Waals surface area contributed by atoms with Gasteiger partial charge in [-0.3, -0.25) is 14.4 Å². The van der Waals surface area contributed by atoms with E-state index in [9.17, 15) is 19.2 Å². The Bertz CT molecular complexity index is 658. The molecule has 2 aliphatic heterocycles. The summed E-state index contributed by atoms with van der Waals surface area (Å²) in [6, 6.07) is -1.93. The third-order valence-corrected chi connectivity index (χ3v) is 4.82. The molecule has 2 heterocycles. The van der Waals surface area contributed by atoms with Gasteiger partial charge in [0.25, 0.3) is 0 Å². The van der Waals surface area contributed by atoms with Crippen LogP contribution in [0.2, 0.25) is 0 Å². The van der Waals surface area contributed by atoms with Crippen LogP contribution in [0.25, 0.3) is 0 Å². The van der Waals surface area contributed by atoms with Gasteiger partial charge in [-0.15, -0.1) is 0 Å². The van der Waals surface area contributed by atoms with Crippen LogP contribution in [0.15, 0.2) is 4.99 Å². The lowest BCUT2D eigenvalue weighted by Gasteiger charge is -2.34. The zero-order valence-corrected chi connectivity index (χ0v) is 16.4. The molecule has 0 unspecified atom stereocenters. The molecule has 4 amide bonds. The van der Waals surface area contributed by atoms with Gasteiger partial charge in [-0.25, -0.2) is 9.79 Å². The average molecular weight is 397 g/mol. The zero-order valence-electron chi connectivity index (χ0n) is 16.4. The van der Waals surface area contributed by atoms with Crippen molar-refractivity contribution < 1.29 is 29.0 Å². The summed E-state index contributed by atoms with van der Waals surface area (Å²) >= 11 is 0. The van der Waals surface area contributed by atoms with Gasteiger partial charge in [0.1, 0.15) is 17.9 Å². The summed E-state index contributed by atoms with van der Waals surface area (Å²) in [7, 11) is 3.49. The maximum Gasteiger partial charge on any atom is 0.405 e. The summed E-state index contributed by atoms with van der Waals surface area (Å²) in [6.45, 7) is 3.40. The number of likely N-dealkylation sites (tertiary alicyclic amines) is 1. The van der Waals surface area contributed by atoms with Crippen molar-refractivity contribution >= 4 is 29.7 Å². The Morgan fingerprint density at radius 1 is 1.29 bits per heavy atom. The Hall–Kier alpha value is -2.69. The highest BCUT2D eigenvalue weighted by atomic mass is 16.5. The SMILES string of the molecule is CC(=NC(=O)C[C@@H](C(=O)N1CCOCC1)N1CC[C@H](NC(=O)O)C1=O)N(C)C. The molecule has 0 bridgehead atoms. The van der Waals surface area contributed by atoms with E-state index in [1.54, 1.807) is 30.8 Å². The van der Waals surface area contributed by atoms with E-state index in [0.717, 1.165) is 0 Å². The molecule has 11 heteroatoms. The van der Waals surface area contributed by atoms with Crippen molar-refractivity contribution in [2.45, 2.75) is 31.8 Å². The molecule has 0 radical (unpaired) electrons. The number of amidine groups is 1. The Morgan fingerprint density at radius 2 is 1.93 bits per heavy atom. The number of nitrogens with one attached hydrogen (secondary N) is 1. The van der Waals surface area contributed by atoms with E-state index in [1.165, 1.54) is 4.90 Å². The second-order valence-corrected chi connectivity index (χ2v) is 6.93. The number of carbonyl (C=O) groups is 4. The first kappa shape index (κ1) is 21.6. The van der Waals surface area contributed by atoms with Crippen LogP contribution in [0, 0.1) is 0 Å². The van der Waals surface area contributed by atoms with E-state index in [0.29, 0.717) is 32.1 Å². The predicted octanol–water partition coefficient (Wildman–Crippen LogP) is -1.02. The van der Waals surface area contributed by atoms with Gasteiger partial charge < -0.3 is 29.9 Å². The van der Waals surface area contributed by atoms with Crippen LogP contribution in [0.4, 0.5) is 4.79 Å². The fourth-order valence-electron chi connectivity index (χ4n) is 3.11. The molecule has 0 aromatic carbocycles. The number of amides is 4. The van der Waals surface area contributed by atoms with Gasteiger partial charge in [0, 0.05) is 33.7 Å². The van der Waals surface area contributed by atoms with E-state index < -0.39 is 30.0 Å². The molecule has 2 atom stereocenters. The van der Waals surface area contributed by atoms with Crippen LogP contribution < -0.4 is 5.32 Å². The molecular weight excluding hydrogens is 370 g/mol. The van der Waals surface area contributed by atoms with Crippen molar-refractivity contribution in [2.24, 2.45) is 4.99 Å². The maximum atomic E-state index is 13.0.